The van der Waals surface area contributed by atoms with Crippen LogP contribution in [0.2, 0.25) is 0 Å². The van der Waals surface area contributed by atoms with Gasteiger partial charge < -0.3 is 19.4 Å². The number of hydrogen-bond acceptors (Lipinski definition) is 5. The van der Waals surface area contributed by atoms with Crippen LogP contribution in [-0.2, 0) is 9.53 Å². The predicted octanol–water partition coefficient (Wildman–Crippen LogP) is 4.33. The van der Waals surface area contributed by atoms with E-state index < -0.39 is 5.91 Å². The lowest BCUT2D eigenvalue weighted by Crippen LogP contribution is -2.36. The number of amides is 1. The molecule has 6 heteroatoms. The van der Waals surface area contributed by atoms with Crippen molar-refractivity contribution in [2.75, 3.05) is 36.5 Å². The fourth-order valence-electron chi connectivity index (χ4n) is 3.25. The summed E-state index contributed by atoms with van der Waals surface area (Å²) in [5.74, 6) is 0.649. The summed E-state index contributed by atoms with van der Waals surface area (Å²) in [5, 5.41) is 12.2. The SMILES string of the molecule is N#C/C(=C\c1ccc(-c2ccccc2)o1)C(=O)Nc1ccc(N2CCOCC2)cc1. The van der Waals surface area contributed by atoms with Crippen LogP contribution < -0.4 is 10.2 Å². The molecule has 0 atom stereocenters. The molecule has 0 aliphatic carbocycles. The summed E-state index contributed by atoms with van der Waals surface area (Å²) in [5.41, 5.74) is 2.61. The number of morpholine rings is 1. The van der Waals surface area contributed by atoms with E-state index in [1.165, 1.54) is 6.08 Å². The van der Waals surface area contributed by atoms with Gasteiger partial charge in [-0.1, -0.05) is 30.3 Å². The third-order valence-corrected chi connectivity index (χ3v) is 4.84. The van der Waals surface area contributed by atoms with Crippen molar-refractivity contribution in [1.29, 1.82) is 5.26 Å². The van der Waals surface area contributed by atoms with Gasteiger partial charge in [-0.3, -0.25) is 4.79 Å². The molecule has 30 heavy (non-hydrogen) atoms. The Morgan fingerprint density at radius 3 is 2.43 bits per heavy atom. The van der Waals surface area contributed by atoms with Crippen molar-refractivity contribution in [3.63, 3.8) is 0 Å². The molecular formula is C24H21N3O3. The number of rotatable bonds is 5. The van der Waals surface area contributed by atoms with Crippen LogP contribution in [0.15, 0.2) is 76.7 Å². The molecule has 1 aromatic heterocycles. The molecule has 3 aromatic rings. The second-order valence-corrected chi connectivity index (χ2v) is 6.84. The molecule has 1 aliphatic heterocycles. The lowest BCUT2D eigenvalue weighted by atomic mass is 10.2. The minimum Gasteiger partial charge on any atom is -0.457 e. The summed E-state index contributed by atoms with van der Waals surface area (Å²) < 4.78 is 11.1. The minimum absolute atomic E-state index is 0.0267. The molecule has 1 N–H and O–H groups in total. The fourth-order valence-corrected chi connectivity index (χ4v) is 3.25. The lowest BCUT2D eigenvalue weighted by molar-refractivity contribution is -0.112. The van der Waals surface area contributed by atoms with Crippen LogP contribution in [0.4, 0.5) is 11.4 Å². The fraction of sp³-hybridized carbons (Fsp3) is 0.167. The first kappa shape index (κ1) is 19.5. The number of carbonyl (C=O) groups excluding carboxylic acids is 1. The van der Waals surface area contributed by atoms with Gasteiger partial charge in [0, 0.05) is 36.1 Å². The number of hydrogen-bond donors (Lipinski definition) is 1. The molecule has 0 spiro atoms. The topological polar surface area (TPSA) is 78.5 Å². The van der Waals surface area contributed by atoms with Crippen LogP contribution in [-0.4, -0.2) is 32.2 Å². The van der Waals surface area contributed by atoms with Crippen LogP contribution in [0.5, 0.6) is 0 Å². The van der Waals surface area contributed by atoms with Crippen LogP contribution in [0.3, 0.4) is 0 Å². The maximum absolute atomic E-state index is 12.5. The second kappa shape index (κ2) is 9.12. The normalized spacial score (nSPS) is 14.2. The Labute approximate surface area is 175 Å². The highest BCUT2D eigenvalue weighted by Crippen LogP contribution is 2.24. The highest BCUT2D eigenvalue weighted by atomic mass is 16.5. The van der Waals surface area contributed by atoms with Crippen molar-refractivity contribution >= 4 is 23.4 Å². The average Bonchev–Trinajstić information content (AvgIpc) is 3.28. The molecule has 1 saturated heterocycles. The Kier molecular flexibility index (Phi) is 5.93. The number of benzene rings is 2. The third-order valence-electron chi connectivity index (χ3n) is 4.84. The molecule has 0 radical (unpaired) electrons. The summed E-state index contributed by atoms with van der Waals surface area (Å²) in [6.45, 7) is 3.13. The van der Waals surface area contributed by atoms with Gasteiger partial charge in [-0.25, -0.2) is 0 Å². The van der Waals surface area contributed by atoms with Crippen LogP contribution in [0.1, 0.15) is 5.76 Å². The van der Waals surface area contributed by atoms with Gasteiger partial charge in [0.1, 0.15) is 23.2 Å². The van der Waals surface area contributed by atoms with Gasteiger partial charge in [0.05, 0.1) is 13.2 Å². The Bertz CT molecular complexity index is 1070. The first-order chi connectivity index (χ1) is 14.7. The molecule has 1 aliphatic rings. The molecule has 2 aromatic carbocycles. The van der Waals surface area contributed by atoms with Crippen molar-refractivity contribution < 1.29 is 13.9 Å². The van der Waals surface area contributed by atoms with Crippen LogP contribution in [0.25, 0.3) is 17.4 Å². The van der Waals surface area contributed by atoms with Gasteiger partial charge in [0.2, 0.25) is 0 Å². The lowest BCUT2D eigenvalue weighted by Gasteiger charge is -2.28. The summed E-state index contributed by atoms with van der Waals surface area (Å²) in [6.07, 6.45) is 1.45. The molecule has 1 fully saturated rings. The number of carbonyl (C=O) groups is 1. The average molecular weight is 399 g/mol. The van der Waals surface area contributed by atoms with Crippen LogP contribution >= 0.6 is 0 Å². The summed E-state index contributed by atoms with van der Waals surface area (Å²) in [6, 6.07) is 22.7. The van der Waals surface area contributed by atoms with Crippen molar-refractivity contribution in [2.24, 2.45) is 0 Å². The largest absolute Gasteiger partial charge is 0.457 e. The molecule has 4 rings (SSSR count). The summed E-state index contributed by atoms with van der Waals surface area (Å²) in [7, 11) is 0. The first-order valence-corrected chi connectivity index (χ1v) is 9.74. The third kappa shape index (κ3) is 4.59. The number of furan rings is 1. The quantitative estimate of drug-likeness (QED) is 0.510. The van der Waals surface area contributed by atoms with Gasteiger partial charge in [-0.15, -0.1) is 0 Å². The molecule has 6 nitrogen and oxygen atoms in total. The van der Waals surface area contributed by atoms with Gasteiger partial charge in [0.25, 0.3) is 5.91 Å². The molecular weight excluding hydrogens is 378 g/mol. The number of nitriles is 1. The highest BCUT2D eigenvalue weighted by molar-refractivity contribution is 6.09. The summed E-state index contributed by atoms with van der Waals surface area (Å²) >= 11 is 0. The molecule has 2 heterocycles. The monoisotopic (exact) mass is 399 g/mol. The maximum Gasteiger partial charge on any atom is 0.266 e. The number of ether oxygens (including phenoxy) is 1. The molecule has 150 valence electrons. The van der Waals surface area contributed by atoms with E-state index in [2.05, 4.69) is 10.2 Å². The number of nitrogens with one attached hydrogen (secondary N) is 1. The predicted molar refractivity (Wildman–Crippen MR) is 116 cm³/mol. The zero-order chi connectivity index (χ0) is 20.8. The van der Waals surface area contributed by atoms with Crippen LogP contribution in [0, 0.1) is 11.3 Å². The van der Waals surface area contributed by atoms with Crippen molar-refractivity contribution in [1.82, 2.24) is 0 Å². The number of nitrogens with zero attached hydrogens (tertiary/aromatic N) is 2. The molecule has 0 saturated carbocycles. The standard InChI is InChI=1S/C24H21N3O3/c25-17-19(16-22-10-11-23(30-22)18-4-2-1-3-5-18)24(28)26-20-6-8-21(9-7-20)27-12-14-29-15-13-27/h1-11,16H,12-15H2,(H,26,28)/b19-16+. The van der Waals surface area contributed by atoms with E-state index >= 15 is 0 Å². The van der Waals surface area contributed by atoms with Gasteiger partial charge in [-0.2, -0.15) is 5.26 Å². The smallest absolute Gasteiger partial charge is 0.266 e. The van der Waals surface area contributed by atoms with Crippen molar-refractivity contribution in [2.45, 2.75) is 0 Å². The highest BCUT2D eigenvalue weighted by Gasteiger charge is 2.13. The molecule has 0 bridgehead atoms. The Balaban J connectivity index is 1.44. The first-order valence-electron chi connectivity index (χ1n) is 9.74. The number of anilines is 2. The minimum atomic E-state index is -0.478. The van der Waals surface area contributed by atoms with Gasteiger partial charge in [0.15, 0.2) is 0 Å². The Morgan fingerprint density at radius 2 is 1.73 bits per heavy atom. The van der Waals surface area contributed by atoms with Crippen molar-refractivity contribution in [3.8, 4) is 17.4 Å². The second-order valence-electron chi connectivity index (χ2n) is 6.84. The molecule has 0 unspecified atom stereocenters. The van der Waals surface area contributed by atoms with E-state index in [4.69, 9.17) is 9.15 Å². The van der Waals surface area contributed by atoms with Gasteiger partial charge >= 0.3 is 0 Å². The van der Waals surface area contributed by atoms with E-state index in [9.17, 15) is 10.1 Å². The Morgan fingerprint density at radius 1 is 1.00 bits per heavy atom. The van der Waals surface area contributed by atoms with E-state index in [0.717, 1.165) is 24.3 Å². The zero-order valence-electron chi connectivity index (χ0n) is 16.4. The van der Waals surface area contributed by atoms with E-state index in [1.807, 2.05) is 66.7 Å². The van der Waals surface area contributed by atoms with E-state index in [0.29, 0.717) is 30.4 Å². The summed E-state index contributed by atoms with van der Waals surface area (Å²) in [4.78, 5) is 14.8. The van der Waals surface area contributed by atoms with E-state index in [-0.39, 0.29) is 5.57 Å². The Hall–Kier alpha value is -3.82. The maximum atomic E-state index is 12.5. The molecule has 1 amide bonds. The van der Waals surface area contributed by atoms with Gasteiger partial charge in [-0.05, 0) is 36.4 Å². The van der Waals surface area contributed by atoms with E-state index in [1.54, 1.807) is 6.07 Å². The van der Waals surface area contributed by atoms with Crippen molar-refractivity contribution in [3.05, 3.63) is 78.1 Å². The zero-order valence-corrected chi connectivity index (χ0v) is 16.4.